The van der Waals surface area contributed by atoms with Crippen molar-refractivity contribution in [3.63, 3.8) is 0 Å². The van der Waals surface area contributed by atoms with Crippen LogP contribution in [0.1, 0.15) is 5.56 Å². The van der Waals surface area contributed by atoms with E-state index in [1.807, 2.05) is 24.3 Å². The number of rotatable bonds is 0. The maximum absolute atomic E-state index is 5.72. The summed E-state index contributed by atoms with van der Waals surface area (Å²) >= 11 is 11.4. The van der Waals surface area contributed by atoms with Crippen molar-refractivity contribution in [3.05, 3.63) is 46.7 Å². The van der Waals surface area contributed by atoms with Gasteiger partial charge in [-0.05, 0) is 12.1 Å². The van der Waals surface area contributed by atoms with E-state index in [1.165, 1.54) is 0 Å². The minimum atomic E-state index is 0.256. The summed E-state index contributed by atoms with van der Waals surface area (Å²) in [7, 11) is 0. The monoisotopic (exact) mass is 212 g/mol. The molecule has 1 heterocycles. The van der Waals surface area contributed by atoms with E-state index in [9.17, 15) is 0 Å². The third-order valence-electron chi connectivity index (χ3n) is 1.81. The summed E-state index contributed by atoms with van der Waals surface area (Å²) in [4.78, 5) is 0. The molecule has 1 nitrogen and oxygen atoms in total. The summed E-state index contributed by atoms with van der Waals surface area (Å²) in [5.74, 6) is 0.777. The Kier molecular flexibility index (Phi) is 2.30. The summed E-state index contributed by atoms with van der Waals surface area (Å²) in [5, 5.41) is 0. The largest absolute Gasteiger partial charge is 0.464 e. The molecule has 0 spiro atoms. The van der Waals surface area contributed by atoms with Gasteiger partial charge in [0.15, 0.2) is 0 Å². The fourth-order valence-corrected chi connectivity index (χ4v) is 1.55. The number of para-hydroxylation sites is 1. The van der Waals surface area contributed by atoms with Crippen molar-refractivity contribution in [2.75, 3.05) is 0 Å². The van der Waals surface area contributed by atoms with Crippen molar-refractivity contribution in [3.8, 4) is 5.75 Å². The Morgan fingerprint density at radius 3 is 2.69 bits per heavy atom. The van der Waals surface area contributed by atoms with Gasteiger partial charge in [0, 0.05) is 11.1 Å². The van der Waals surface area contributed by atoms with Gasteiger partial charge < -0.3 is 4.74 Å². The molecule has 1 aromatic rings. The van der Waals surface area contributed by atoms with Crippen LogP contribution in [0.15, 0.2) is 41.1 Å². The quantitative estimate of drug-likeness (QED) is 0.637. The average molecular weight is 213 g/mol. The first-order valence-corrected chi connectivity index (χ1v) is 4.52. The van der Waals surface area contributed by atoms with Crippen molar-refractivity contribution in [2.45, 2.75) is 0 Å². The lowest BCUT2D eigenvalue weighted by Crippen LogP contribution is -1.95. The van der Waals surface area contributed by atoms with Gasteiger partial charge in [-0.2, -0.15) is 0 Å². The highest BCUT2D eigenvalue weighted by atomic mass is 35.5. The normalized spacial score (nSPS) is 13.5. The van der Waals surface area contributed by atoms with Crippen molar-refractivity contribution in [1.82, 2.24) is 0 Å². The van der Waals surface area contributed by atoms with Gasteiger partial charge in [-0.3, -0.25) is 0 Å². The van der Waals surface area contributed by atoms with Crippen molar-refractivity contribution in [1.29, 1.82) is 0 Å². The molecule has 0 amide bonds. The third kappa shape index (κ3) is 1.58. The molecule has 0 aliphatic carbocycles. The van der Waals surface area contributed by atoms with E-state index in [0.29, 0.717) is 0 Å². The predicted octanol–water partition coefficient (Wildman–Crippen LogP) is 3.74. The van der Waals surface area contributed by atoms with Crippen LogP contribution in [0.5, 0.6) is 5.75 Å². The molecule has 0 radical (unpaired) electrons. The van der Waals surface area contributed by atoms with Crippen LogP contribution in [0.4, 0.5) is 0 Å². The van der Waals surface area contributed by atoms with E-state index in [-0.39, 0.29) is 4.49 Å². The maximum Gasteiger partial charge on any atom is 0.134 e. The van der Waals surface area contributed by atoms with Gasteiger partial charge in [0.05, 0.1) is 6.26 Å². The molecule has 0 bridgehead atoms. The second-order valence-electron chi connectivity index (χ2n) is 2.59. The second kappa shape index (κ2) is 3.44. The zero-order valence-corrected chi connectivity index (χ0v) is 8.14. The minimum absolute atomic E-state index is 0.256. The molecule has 0 atom stereocenters. The fourth-order valence-electron chi connectivity index (χ4n) is 1.22. The van der Waals surface area contributed by atoms with Crippen LogP contribution in [0.3, 0.4) is 0 Å². The molecule has 0 saturated heterocycles. The fraction of sp³-hybridized carbons (Fsp3) is 0. The summed E-state index contributed by atoms with van der Waals surface area (Å²) < 4.78 is 5.53. The van der Waals surface area contributed by atoms with Crippen LogP contribution < -0.4 is 4.74 Å². The van der Waals surface area contributed by atoms with Crippen LogP contribution in [0.2, 0.25) is 0 Å². The number of hydrogen-bond acceptors (Lipinski definition) is 1. The lowest BCUT2D eigenvalue weighted by molar-refractivity contribution is 0.476. The summed E-state index contributed by atoms with van der Waals surface area (Å²) in [5.41, 5.74) is 1.72. The Bertz CT molecular complexity index is 390. The number of halogens is 2. The van der Waals surface area contributed by atoms with E-state index < -0.39 is 0 Å². The standard InChI is InChI=1S/C10H6Cl2O/c11-10(12)8-5-6-13-9-4-2-1-3-7(8)9/h1-6H. The first-order chi connectivity index (χ1) is 6.29. The van der Waals surface area contributed by atoms with Crippen LogP contribution in [-0.2, 0) is 0 Å². The van der Waals surface area contributed by atoms with E-state index >= 15 is 0 Å². The SMILES string of the molecule is ClC(Cl)=C1C=COc2ccccc21. The highest BCUT2D eigenvalue weighted by Gasteiger charge is 2.12. The molecule has 0 fully saturated rings. The van der Waals surface area contributed by atoms with Gasteiger partial charge in [-0.1, -0.05) is 41.4 Å². The topological polar surface area (TPSA) is 9.23 Å². The lowest BCUT2D eigenvalue weighted by atomic mass is 10.1. The Morgan fingerprint density at radius 1 is 1.15 bits per heavy atom. The summed E-state index contributed by atoms with van der Waals surface area (Å²) in [6.07, 6.45) is 3.32. The Balaban J connectivity index is 2.62. The zero-order chi connectivity index (χ0) is 9.26. The molecule has 2 rings (SSSR count). The lowest BCUT2D eigenvalue weighted by Gasteiger charge is -2.13. The Hall–Kier alpha value is -0.920. The van der Waals surface area contributed by atoms with E-state index in [1.54, 1.807) is 12.3 Å². The predicted molar refractivity (Wildman–Crippen MR) is 54.8 cm³/mol. The molecule has 66 valence electrons. The van der Waals surface area contributed by atoms with Crippen molar-refractivity contribution < 1.29 is 4.74 Å². The van der Waals surface area contributed by atoms with E-state index in [0.717, 1.165) is 16.9 Å². The van der Waals surface area contributed by atoms with Gasteiger partial charge >= 0.3 is 0 Å². The Morgan fingerprint density at radius 2 is 1.92 bits per heavy atom. The van der Waals surface area contributed by atoms with Crippen LogP contribution >= 0.6 is 23.2 Å². The molecule has 1 aromatic carbocycles. The number of allylic oxidation sites excluding steroid dienone is 2. The molecule has 0 N–H and O–H groups in total. The summed E-state index contributed by atoms with van der Waals surface area (Å²) in [6, 6.07) is 7.60. The minimum Gasteiger partial charge on any atom is -0.464 e. The summed E-state index contributed by atoms with van der Waals surface area (Å²) in [6.45, 7) is 0. The molecule has 13 heavy (non-hydrogen) atoms. The van der Waals surface area contributed by atoms with Gasteiger partial charge in [0.1, 0.15) is 10.2 Å². The number of fused-ring (bicyclic) bond motifs is 1. The van der Waals surface area contributed by atoms with Gasteiger partial charge in [-0.25, -0.2) is 0 Å². The zero-order valence-electron chi connectivity index (χ0n) is 6.63. The molecule has 1 aliphatic rings. The highest BCUT2D eigenvalue weighted by Crippen LogP contribution is 2.34. The Labute approximate surface area is 86.2 Å². The van der Waals surface area contributed by atoms with Crippen LogP contribution in [0, 0.1) is 0 Å². The third-order valence-corrected chi connectivity index (χ3v) is 2.22. The first-order valence-electron chi connectivity index (χ1n) is 3.77. The molecule has 3 heteroatoms. The molecular weight excluding hydrogens is 207 g/mol. The van der Waals surface area contributed by atoms with E-state index in [2.05, 4.69) is 0 Å². The first kappa shape index (κ1) is 8.67. The second-order valence-corrected chi connectivity index (χ2v) is 3.54. The van der Waals surface area contributed by atoms with Crippen molar-refractivity contribution in [2.24, 2.45) is 0 Å². The maximum atomic E-state index is 5.72. The molecular formula is C10H6Cl2O. The van der Waals surface area contributed by atoms with Crippen LogP contribution in [0.25, 0.3) is 5.57 Å². The number of benzene rings is 1. The smallest absolute Gasteiger partial charge is 0.134 e. The van der Waals surface area contributed by atoms with Gasteiger partial charge in [0.2, 0.25) is 0 Å². The number of hydrogen-bond donors (Lipinski definition) is 0. The number of ether oxygens (including phenoxy) is 1. The highest BCUT2D eigenvalue weighted by molar-refractivity contribution is 6.58. The molecule has 0 aromatic heterocycles. The molecule has 0 unspecified atom stereocenters. The molecule has 0 saturated carbocycles. The molecule has 1 aliphatic heterocycles. The van der Waals surface area contributed by atoms with E-state index in [4.69, 9.17) is 27.9 Å². The van der Waals surface area contributed by atoms with Gasteiger partial charge in [0.25, 0.3) is 0 Å². The van der Waals surface area contributed by atoms with Gasteiger partial charge in [-0.15, -0.1) is 0 Å². The van der Waals surface area contributed by atoms with Crippen molar-refractivity contribution >= 4 is 28.8 Å². The van der Waals surface area contributed by atoms with Crippen LogP contribution in [-0.4, -0.2) is 0 Å². The average Bonchev–Trinajstić information content (AvgIpc) is 2.17.